The molecule has 1 aromatic carbocycles. The van der Waals surface area contributed by atoms with Crippen LogP contribution in [0.15, 0.2) is 36.7 Å². The van der Waals surface area contributed by atoms with Gasteiger partial charge >= 0.3 is 0 Å². The minimum atomic E-state index is -0.356. The predicted molar refractivity (Wildman–Crippen MR) is 86.2 cm³/mol. The average Bonchev–Trinajstić information content (AvgIpc) is 3.00. The maximum atomic E-state index is 13.2. The minimum Gasteiger partial charge on any atom is -0.342 e. The molecule has 1 aliphatic carbocycles. The largest absolute Gasteiger partial charge is 0.342 e. The van der Waals surface area contributed by atoms with Crippen LogP contribution in [0.1, 0.15) is 49.5 Å². The smallest absolute Gasteiger partial charge is 0.223 e. The monoisotopic (exact) mass is 315 g/mol. The van der Waals surface area contributed by atoms with Gasteiger partial charge < -0.3 is 9.88 Å². The Bertz CT molecular complexity index is 659. The summed E-state index contributed by atoms with van der Waals surface area (Å²) < 4.78 is 15.1. The second-order valence-corrected chi connectivity index (χ2v) is 6.22. The number of imidazole rings is 1. The third kappa shape index (κ3) is 3.60. The summed E-state index contributed by atoms with van der Waals surface area (Å²) >= 11 is 0. The van der Waals surface area contributed by atoms with Crippen molar-refractivity contribution in [3.05, 3.63) is 53.9 Å². The third-order valence-electron chi connectivity index (χ3n) is 4.58. The second-order valence-electron chi connectivity index (χ2n) is 6.22. The molecule has 1 atom stereocenters. The number of nitrogens with zero attached hydrogens (tertiary/aromatic N) is 2. The maximum absolute atomic E-state index is 13.2. The molecular formula is C18H22FN3O. The molecule has 1 N–H and O–H groups in total. The van der Waals surface area contributed by atoms with E-state index in [4.69, 9.17) is 0 Å². The van der Waals surface area contributed by atoms with Gasteiger partial charge in [-0.3, -0.25) is 4.79 Å². The lowest BCUT2D eigenvalue weighted by Crippen LogP contribution is -2.36. The number of hydrogen-bond donors (Lipinski definition) is 1. The predicted octanol–water partition coefficient (Wildman–Crippen LogP) is 3.35. The quantitative estimate of drug-likeness (QED) is 0.940. The van der Waals surface area contributed by atoms with Gasteiger partial charge in [-0.1, -0.05) is 31.4 Å². The standard InChI is InChI=1S/C18H22FN3O/c1-22-12-11-20-17(22)16(13-7-9-15(19)10-8-13)21-18(23)14-5-3-2-4-6-14/h7-12,14,16H,2-6H2,1H3,(H,21,23)/t16-/m0/s1. The average molecular weight is 315 g/mol. The highest BCUT2D eigenvalue weighted by Crippen LogP contribution is 2.26. The number of aromatic nitrogens is 2. The lowest BCUT2D eigenvalue weighted by atomic mass is 9.88. The minimum absolute atomic E-state index is 0.0713. The highest BCUT2D eigenvalue weighted by molar-refractivity contribution is 5.79. The molecule has 0 bridgehead atoms. The number of aryl methyl sites for hydroxylation is 1. The molecule has 122 valence electrons. The zero-order valence-corrected chi connectivity index (χ0v) is 13.3. The molecule has 23 heavy (non-hydrogen) atoms. The van der Waals surface area contributed by atoms with Crippen LogP contribution in [-0.4, -0.2) is 15.5 Å². The first-order valence-electron chi connectivity index (χ1n) is 8.18. The molecule has 3 rings (SSSR count). The summed E-state index contributed by atoms with van der Waals surface area (Å²) in [4.78, 5) is 17.0. The van der Waals surface area contributed by atoms with E-state index >= 15 is 0 Å². The van der Waals surface area contributed by atoms with Gasteiger partial charge in [0.1, 0.15) is 17.7 Å². The van der Waals surface area contributed by atoms with E-state index in [9.17, 15) is 9.18 Å². The van der Waals surface area contributed by atoms with Crippen LogP contribution < -0.4 is 5.32 Å². The first-order chi connectivity index (χ1) is 11.1. The van der Waals surface area contributed by atoms with Gasteiger partial charge in [-0.05, 0) is 30.5 Å². The molecule has 1 aromatic heterocycles. The number of benzene rings is 1. The Kier molecular flexibility index (Phi) is 4.74. The molecular weight excluding hydrogens is 293 g/mol. The van der Waals surface area contributed by atoms with E-state index in [2.05, 4.69) is 10.3 Å². The Morgan fingerprint density at radius 1 is 1.26 bits per heavy atom. The van der Waals surface area contributed by atoms with Crippen molar-refractivity contribution in [2.24, 2.45) is 13.0 Å². The lowest BCUT2D eigenvalue weighted by molar-refractivity contribution is -0.126. The van der Waals surface area contributed by atoms with Crippen molar-refractivity contribution in [3.8, 4) is 0 Å². The lowest BCUT2D eigenvalue weighted by Gasteiger charge is -2.25. The molecule has 4 nitrogen and oxygen atoms in total. The fourth-order valence-electron chi connectivity index (χ4n) is 3.23. The van der Waals surface area contributed by atoms with Crippen molar-refractivity contribution in [2.45, 2.75) is 38.1 Å². The molecule has 1 aliphatic rings. The summed E-state index contributed by atoms with van der Waals surface area (Å²) in [7, 11) is 1.89. The Morgan fingerprint density at radius 3 is 2.57 bits per heavy atom. The van der Waals surface area contributed by atoms with E-state index < -0.39 is 0 Å². The second kappa shape index (κ2) is 6.94. The van der Waals surface area contributed by atoms with Gasteiger partial charge in [0.15, 0.2) is 0 Å². The molecule has 0 unspecified atom stereocenters. The van der Waals surface area contributed by atoms with Gasteiger partial charge in [0, 0.05) is 25.4 Å². The summed E-state index contributed by atoms with van der Waals surface area (Å²) in [6.07, 6.45) is 8.89. The van der Waals surface area contributed by atoms with Crippen LogP contribution >= 0.6 is 0 Å². The first-order valence-corrected chi connectivity index (χ1v) is 8.18. The SMILES string of the molecule is Cn1ccnc1[C@@H](NC(=O)C1CCCCC1)c1ccc(F)cc1. The molecule has 1 saturated carbocycles. The van der Waals surface area contributed by atoms with E-state index in [-0.39, 0.29) is 23.7 Å². The van der Waals surface area contributed by atoms with Crippen LogP contribution in [0.4, 0.5) is 4.39 Å². The Hall–Kier alpha value is -2.17. The van der Waals surface area contributed by atoms with Gasteiger partial charge in [0.05, 0.1) is 0 Å². The van der Waals surface area contributed by atoms with E-state index in [1.807, 2.05) is 17.8 Å². The Balaban J connectivity index is 1.84. The van der Waals surface area contributed by atoms with Gasteiger partial charge in [-0.2, -0.15) is 0 Å². The third-order valence-corrected chi connectivity index (χ3v) is 4.58. The molecule has 2 aromatic rings. The highest BCUT2D eigenvalue weighted by Gasteiger charge is 2.26. The summed E-state index contributed by atoms with van der Waals surface area (Å²) in [5.41, 5.74) is 0.838. The fraction of sp³-hybridized carbons (Fsp3) is 0.444. The van der Waals surface area contributed by atoms with E-state index in [0.717, 1.165) is 37.1 Å². The zero-order chi connectivity index (χ0) is 16.2. The Morgan fingerprint density at radius 2 is 1.96 bits per heavy atom. The van der Waals surface area contributed by atoms with Crippen LogP contribution in [-0.2, 0) is 11.8 Å². The zero-order valence-electron chi connectivity index (χ0n) is 13.3. The first kappa shape index (κ1) is 15.7. The number of amides is 1. The number of hydrogen-bond acceptors (Lipinski definition) is 2. The highest BCUT2D eigenvalue weighted by atomic mass is 19.1. The normalized spacial score (nSPS) is 17.0. The number of halogens is 1. The van der Waals surface area contributed by atoms with Crippen molar-refractivity contribution in [2.75, 3.05) is 0 Å². The van der Waals surface area contributed by atoms with Crippen LogP contribution in [0, 0.1) is 11.7 Å². The molecule has 0 saturated heterocycles. The van der Waals surface area contributed by atoms with Gasteiger partial charge in [-0.25, -0.2) is 9.37 Å². The summed E-state index contributed by atoms with van der Waals surface area (Å²) in [5.74, 6) is 0.612. The molecule has 0 spiro atoms. The van der Waals surface area contributed by atoms with Crippen molar-refractivity contribution in [1.29, 1.82) is 0 Å². The summed E-state index contributed by atoms with van der Waals surface area (Å²) in [5, 5.41) is 3.12. The fourth-order valence-corrected chi connectivity index (χ4v) is 3.23. The molecule has 1 heterocycles. The topological polar surface area (TPSA) is 46.9 Å². The van der Waals surface area contributed by atoms with Crippen molar-refractivity contribution >= 4 is 5.91 Å². The number of carbonyl (C=O) groups is 1. The van der Waals surface area contributed by atoms with Crippen LogP contribution in [0.2, 0.25) is 0 Å². The van der Waals surface area contributed by atoms with Gasteiger partial charge in [0.2, 0.25) is 5.91 Å². The number of nitrogens with one attached hydrogen (secondary N) is 1. The maximum Gasteiger partial charge on any atom is 0.223 e. The van der Waals surface area contributed by atoms with Gasteiger partial charge in [-0.15, -0.1) is 0 Å². The van der Waals surface area contributed by atoms with Crippen LogP contribution in [0.5, 0.6) is 0 Å². The molecule has 0 aliphatic heterocycles. The van der Waals surface area contributed by atoms with Crippen LogP contribution in [0.3, 0.4) is 0 Å². The summed E-state index contributed by atoms with van der Waals surface area (Å²) in [6, 6.07) is 5.88. The van der Waals surface area contributed by atoms with E-state index in [1.54, 1.807) is 18.3 Å². The molecule has 5 heteroatoms. The molecule has 0 radical (unpaired) electrons. The van der Waals surface area contributed by atoms with Crippen LogP contribution in [0.25, 0.3) is 0 Å². The number of rotatable bonds is 4. The molecule has 1 amide bonds. The Labute approximate surface area is 135 Å². The van der Waals surface area contributed by atoms with Gasteiger partial charge in [0.25, 0.3) is 0 Å². The van der Waals surface area contributed by atoms with Crippen molar-refractivity contribution in [3.63, 3.8) is 0 Å². The molecule has 1 fully saturated rings. The van der Waals surface area contributed by atoms with Crippen molar-refractivity contribution in [1.82, 2.24) is 14.9 Å². The van der Waals surface area contributed by atoms with E-state index in [1.165, 1.54) is 18.6 Å². The van der Waals surface area contributed by atoms with Crippen molar-refractivity contribution < 1.29 is 9.18 Å². The number of carbonyl (C=O) groups excluding carboxylic acids is 1. The van der Waals surface area contributed by atoms with E-state index in [0.29, 0.717) is 0 Å². The summed E-state index contributed by atoms with van der Waals surface area (Å²) in [6.45, 7) is 0.